The number of para-hydroxylation sites is 1. The largest absolute Gasteiger partial charge is 0.456 e. The van der Waals surface area contributed by atoms with Gasteiger partial charge in [-0.25, -0.2) is 0 Å². The monoisotopic (exact) mass is 616 g/mol. The van der Waals surface area contributed by atoms with E-state index >= 15 is 0 Å². The molecule has 11 rings (SSSR count). The fourth-order valence-corrected chi connectivity index (χ4v) is 8.98. The molecule has 0 atom stereocenters. The van der Waals surface area contributed by atoms with Gasteiger partial charge in [0.15, 0.2) is 0 Å². The Balaban J connectivity index is 1.19. The highest BCUT2D eigenvalue weighted by Gasteiger charge is 2.20. The van der Waals surface area contributed by atoms with E-state index in [1.165, 1.54) is 64.0 Å². The first-order valence-corrected chi connectivity index (χ1v) is 16.7. The molecule has 0 N–H and O–H groups in total. The molecule has 0 fully saturated rings. The Bertz CT molecular complexity index is 3020. The van der Waals surface area contributed by atoms with E-state index in [-0.39, 0.29) is 0 Å². The van der Waals surface area contributed by atoms with E-state index in [1.807, 2.05) is 23.5 Å². The van der Waals surface area contributed by atoms with E-state index < -0.39 is 0 Å². The minimum atomic E-state index is 0.847. The van der Waals surface area contributed by atoms with Crippen molar-refractivity contribution in [3.8, 4) is 22.3 Å². The van der Waals surface area contributed by atoms with E-state index in [4.69, 9.17) is 8.83 Å². The van der Waals surface area contributed by atoms with Crippen LogP contribution < -0.4 is 0 Å². The summed E-state index contributed by atoms with van der Waals surface area (Å²) in [5.74, 6) is 0. The Labute approximate surface area is 272 Å². The van der Waals surface area contributed by atoms with Gasteiger partial charge in [-0.3, -0.25) is 0 Å². The molecule has 0 bridgehead atoms. The summed E-state index contributed by atoms with van der Waals surface area (Å²) in [6.45, 7) is 0. The molecular formula is C44H24O2S. The van der Waals surface area contributed by atoms with Gasteiger partial charge in [-0.1, -0.05) is 103 Å². The Hall–Kier alpha value is -5.90. The van der Waals surface area contributed by atoms with Gasteiger partial charge in [-0.2, -0.15) is 0 Å². The molecule has 2 nitrogen and oxygen atoms in total. The zero-order valence-corrected chi connectivity index (χ0v) is 25.9. The number of hydrogen-bond donors (Lipinski definition) is 0. The molecule has 0 aliphatic rings. The summed E-state index contributed by atoms with van der Waals surface area (Å²) in [7, 11) is 0. The molecule has 0 aliphatic carbocycles. The Kier molecular flexibility index (Phi) is 5.02. The first-order chi connectivity index (χ1) is 23.3. The smallest absolute Gasteiger partial charge is 0.147 e. The average Bonchev–Trinajstić information content (AvgIpc) is 3.80. The number of hydrogen-bond acceptors (Lipinski definition) is 3. The Morgan fingerprint density at radius 2 is 0.872 bits per heavy atom. The molecule has 8 aromatic carbocycles. The van der Waals surface area contributed by atoms with Gasteiger partial charge in [0.25, 0.3) is 0 Å². The average molecular weight is 617 g/mol. The third-order valence-electron chi connectivity index (χ3n) is 9.87. The summed E-state index contributed by atoms with van der Waals surface area (Å²) >= 11 is 1.87. The van der Waals surface area contributed by atoms with Crippen molar-refractivity contribution < 1.29 is 8.83 Å². The predicted molar refractivity (Wildman–Crippen MR) is 200 cm³/mol. The first kappa shape index (κ1) is 25.3. The van der Waals surface area contributed by atoms with Gasteiger partial charge < -0.3 is 8.83 Å². The lowest BCUT2D eigenvalue weighted by molar-refractivity contribution is 0.663. The summed E-state index contributed by atoms with van der Waals surface area (Å²) in [4.78, 5) is 0. The maximum Gasteiger partial charge on any atom is 0.147 e. The predicted octanol–water partition coefficient (Wildman–Crippen LogP) is 13.5. The second-order valence-electron chi connectivity index (χ2n) is 12.4. The fourth-order valence-electron chi connectivity index (χ4n) is 7.83. The highest BCUT2D eigenvalue weighted by Crippen LogP contribution is 2.47. The fraction of sp³-hybridized carbons (Fsp3) is 0. The van der Waals surface area contributed by atoms with E-state index in [2.05, 4.69) is 133 Å². The Morgan fingerprint density at radius 3 is 1.62 bits per heavy atom. The number of thiophene rings is 1. The Morgan fingerprint density at radius 1 is 0.340 bits per heavy atom. The normalized spacial score (nSPS) is 12.3. The molecule has 218 valence electrons. The number of benzene rings is 8. The lowest BCUT2D eigenvalue weighted by atomic mass is 9.85. The summed E-state index contributed by atoms with van der Waals surface area (Å²) in [6.07, 6.45) is 0. The topological polar surface area (TPSA) is 26.3 Å². The van der Waals surface area contributed by atoms with Crippen LogP contribution in [0, 0.1) is 0 Å². The quantitative estimate of drug-likeness (QED) is 0.181. The van der Waals surface area contributed by atoms with Crippen molar-refractivity contribution >= 4 is 96.9 Å². The highest BCUT2D eigenvalue weighted by atomic mass is 32.1. The van der Waals surface area contributed by atoms with Crippen LogP contribution in [0.3, 0.4) is 0 Å². The summed E-state index contributed by atoms with van der Waals surface area (Å²) in [5.41, 5.74) is 8.43. The zero-order valence-electron chi connectivity index (χ0n) is 25.1. The van der Waals surface area contributed by atoms with Crippen LogP contribution in [0.25, 0.3) is 108 Å². The molecule has 3 heterocycles. The van der Waals surface area contributed by atoms with Crippen LogP contribution in [0.2, 0.25) is 0 Å². The first-order valence-electron chi connectivity index (χ1n) is 15.9. The van der Waals surface area contributed by atoms with Gasteiger partial charge in [0.1, 0.15) is 22.3 Å². The maximum absolute atomic E-state index is 6.57. The van der Waals surface area contributed by atoms with Gasteiger partial charge in [-0.15, -0.1) is 11.3 Å². The van der Waals surface area contributed by atoms with Crippen LogP contribution in [0.5, 0.6) is 0 Å². The minimum absolute atomic E-state index is 0.847. The van der Waals surface area contributed by atoms with E-state index in [0.29, 0.717) is 0 Å². The lowest BCUT2D eigenvalue weighted by Crippen LogP contribution is -1.90. The molecular weight excluding hydrogens is 593 g/mol. The van der Waals surface area contributed by atoms with Crippen molar-refractivity contribution in [1.29, 1.82) is 0 Å². The molecule has 0 aliphatic heterocycles. The van der Waals surface area contributed by atoms with Crippen LogP contribution in [-0.4, -0.2) is 0 Å². The summed E-state index contributed by atoms with van der Waals surface area (Å²) < 4.78 is 15.4. The minimum Gasteiger partial charge on any atom is -0.456 e. The van der Waals surface area contributed by atoms with Gasteiger partial charge in [0.2, 0.25) is 0 Å². The molecule has 0 radical (unpaired) electrons. The van der Waals surface area contributed by atoms with Crippen molar-refractivity contribution in [2.45, 2.75) is 0 Å². The summed E-state index contributed by atoms with van der Waals surface area (Å²) in [5, 5.41) is 12.0. The van der Waals surface area contributed by atoms with Crippen molar-refractivity contribution in [1.82, 2.24) is 0 Å². The van der Waals surface area contributed by atoms with Gasteiger partial charge in [-0.05, 0) is 86.3 Å². The van der Waals surface area contributed by atoms with E-state index in [0.717, 1.165) is 43.9 Å². The summed E-state index contributed by atoms with van der Waals surface area (Å²) in [6, 6.07) is 52.5. The maximum atomic E-state index is 6.57. The van der Waals surface area contributed by atoms with Crippen molar-refractivity contribution in [2.24, 2.45) is 0 Å². The lowest BCUT2D eigenvalue weighted by Gasteiger charge is -2.18. The van der Waals surface area contributed by atoms with E-state index in [9.17, 15) is 0 Å². The third kappa shape index (κ3) is 3.49. The van der Waals surface area contributed by atoms with Crippen molar-refractivity contribution in [3.63, 3.8) is 0 Å². The molecule has 0 unspecified atom stereocenters. The van der Waals surface area contributed by atoms with Gasteiger partial charge >= 0.3 is 0 Å². The molecule has 3 aromatic heterocycles. The number of fused-ring (bicyclic) bond motifs is 12. The van der Waals surface area contributed by atoms with Crippen LogP contribution in [0.1, 0.15) is 0 Å². The van der Waals surface area contributed by atoms with Crippen LogP contribution in [0.15, 0.2) is 154 Å². The van der Waals surface area contributed by atoms with E-state index in [1.54, 1.807) is 0 Å². The van der Waals surface area contributed by atoms with Gasteiger partial charge in [0, 0.05) is 36.3 Å². The highest BCUT2D eigenvalue weighted by molar-refractivity contribution is 7.25. The van der Waals surface area contributed by atoms with Gasteiger partial charge in [0.05, 0.1) is 5.39 Å². The molecule has 11 aromatic rings. The molecule has 0 saturated heterocycles. The van der Waals surface area contributed by atoms with Crippen molar-refractivity contribution in [2.75, 3.05) is 0 Å². The molecule has 0 saturated carbocycles. The van der Waals surface area contributed by atoms with Crippen LogP contribution in [0.4, 0.5) is 0 Å². The molecule has 0 amide bonds. The standard InChI is InChI=1S/C44H24O2S/c1-3-12-31-29(10-1)41(25-18-21-37-35(23-25)33-20-22-38-43(44(33)46-37)34-14-5-7-15-36(34)45-38)30-11-2-4-13-32(30)42(31)26-17-19-28-27-9-6-8-16-39(27)47-40(28)24-26/h1-24H. The van der Waals surface area contributed by atoms with Crippen LogP contribution >= 0.6 is 11.3 Å². The zero-order chi connectivity index (χ0) is 30.6. The van der Waals surface area contributed by atoms with Crippen LogP contribution in [-0.2, 0) is 0 Å². The SMILES string of the molecule is c1ccc2c(c1)oc1ccc3c4cc(-c5c6ccccc6c(-c6ccc7c(c6)sc6ccccc67)c6ccccc56)ccc4oc3c12. The second kappa shape index (κ2) is 9.32. The van der Waals surface area contributed by atoms with Crippen molar-refractivity contribution in [3.05, 3.63) is 146 Å². The number of furan rings is 2. The molecule has 0 spiro atoms. The second-order valence-corrected chi connectivity index (χ2v) is 13.5. The molecule has 47 heavy (non-hydrogen) atoms. The molecule has 3 heteroatoms. The third-order valence-corrected chi connectivity index (χ3v) is 11.0. The number of rotatable bonds is 2.